The van der Waals surface area contributed by atoms with Crippen molar-refractivity contribution < 1.29 is 29.0 Å². The maximum atomic E-state index is 14.3. The number of imide groups is 1. The van der Waals surface area contributed by atoms with E-state index in [0.29, 0.717) is 37.6 Å². The fourth-order valence-electron chi connectivity index (χ4n) is 6.59. The summed E-state index contributed by atoms with van der Waals surface area (Å²) in [5, 5.41) is 12.2. The SMILES string of the molecule is CN(CCN1CCOCC1)C(=O)N(C(=O)c1ccccc1)c1cc2c(cc1C(=O)Nc1ccc(CCc3ccc(C(=O)O)cc3)cc1)CCCC2. The molecule has 4 amide bonds. The minimum atomic E-state index is -0.949. The van der Waals surface area contributed by atoms with E-state index in [2.05, 4.69) is 10.2 Å². The van der Waals surface area contributed by atoms with E-state index in [1.165, 1.54) is 4.90 Å². The lowest BCUT2D eigenvalue weighted by Gasteiger charge is -2.32. The number of aryl methyl sites for hydroxylation is 4. The van der Waals surface area contributed by atoms with Gasteiger partial charge in [-0.2, -0.15) is 0 Å². The maximum Gasteiger partial charge on any atom is 0.335 e. The lowest BCUT2D eigenvalue weighted by molar-refractivity contribution is 0.0358. The molecule has 10 nitrogen and oxygen atoms in total. The van der Waals surface area contributed by atoms with Crippen LogP contribution in [0.4, 0.5) is 16.2 Å². The van der Waals surface area contributed by atoms with E-state index in [4.69, 9.17) is 9.84 Å². The second-order valence-electron chi connectivity index (χ2n) is 13.2. The van der Waals surface area contributed by atoms with Crippen molar-refractivity contribution >= 4 is 35.2 Å². The van der Waals surface area contributed by atoms with E-state index in [-0.39, 0.29) is 16.8 Å². The third-order valence-electron chi connectivity index (χ3n) is 9.66. The van der Waals surface area contributed by atoms with E-state index in [0.717, 1.165) is 73.9 Å². The number of carboxylic acids is 1. The van der Waals surface area contributed by atoms with Crippen LogP contribution in [0.15, 0.2) is 91.0 Å². The van der Waals surface area contributed by atoms with Crippen LogP contribution in [0.5, 0.6) is 0 Å². The first kappa shape index (κ1) is 35.5. The molecule has 10 heteroatoms. The molecule has 0 saturated carbocycles. The number of benzene rings is 4. The Morgan fingerprint density at radius 2 is 1.39 bits per heavy atom. The molecular weight excluding hydrogens is 644 g/mol. The summed E-state index contributed by atoms with van der Waals surface area (Å²) in [6.07, 6.45) is 5.12. The first-order valence-electron chi connectivity index (χ1n) is 17.6. The summed E-state index contributed by atoms with van der Waals surface area (Å²) in [7, 11) is 1.69. The Morgan fingerprint density at radius 1 is 0.784 bits per heavy atom. The number of ether oxygens (including phenoxy) is 1. The van der Waals surface area contributed by atoms with Crippen LogP contribution in [0.2, 0.25) is 0 Å². The summed E-state index contributed by atoms with van der Waals surface area (Å²) in [5.41, 5.74) is 5.95. The smallest absolute Gasteiger partial charge is 0.335 e. The highest BCUT2D eigenvalue weighted by Crippen LogP contribution is 2.32. The Hall–Kier alpha value is -5.32. The van der Waals surface area contributed by atoms with Gasteiger partial charge in [-0.15, -0.1) is 0 Å². The molecule has 51 heavy (non-hydrogen) atoms. The molecule has 4 aromatic carbocycles. The molecule has 1 aliphatic heterocycles. The number of carboxylic acid groups (broad SMARTS) is 1. The van der Waals surface area contributed by atoms with E-state index in [1.807, 2.05) is 54.6 Å². The maximum absolute atomic E-state index is 14.3. The average Bonchev–Trinajstić information content (AvgIpc) is 3.17. The third-order valence-corrected chi connectivity index (χ3v) is 9.66. The second-order valence-corrected chi connectivity index (χ2v) is 13.2. The van der Waals surface area contributed by atoms with Gasteiger partial charge in [0.2, 0.25) is 0 Å². The van der Waals surface area contributed by atoms with Gasteiger partial charge >= 0.3 is 12.0 Å². The number of carbonyl (C=O) groups is 4. The zero-order valence-corrected chi connectivity index (χ0v) is 29.0. The van der Waals surface area contributed by atoms with E-state index in [9.17, 15) is 19.2 Å². The van der Waals surface area contributed by atoms with Crippen LogP contribution < -0.4 is 10.2 Å². The largest absolute Gasteiger partial charge is 0.478 e. The standard InChI is InChI=1S/C41H44N4O6/c1-43(21-22-44-23-25-51-26-24-44)41(50)45(39(47)31-7-3-2-4-8-31)37-28-34-10-6-5-9-33(34)27-36(37)38(46)42-35-19-15-30(16-20-35)12-11-29-13-17-32(18-14-29)40(48)49/h2-4,7-8,13-20,27-28H,5-6,9-12,21-26H2,1H3,(H,42,46)(H,48,49). The number of carbonyl (C=O) groups excluding carboxylic acids is 3. The fraction of sp³-hybridized carbons (Fsp3) is 0.317. The van der Waals surface area contributed by atoms with Gasteiger partial charge in [0, 0.05) is 44.5 Å². The summed E-state index contributed by atoms with van der Waals surface area (Å²) in [6.45, 7) is 3.92. The monoisotopic (exact) mass is 688 g/mol. The molecule has 0 spiro atoms. The summed E-state index contributed by atoms with van der Waals surface area (Å²) in [5.74, 6) is -1.85. The molecule has 0 radical (unpaired) electrons. The van der Waals surface area contributed by atoms with Crippen molar-refractivity contribution in [3.05, 3.63) is 130 Å². The van der Waals surface area contributed by atoms with Crippen molar-refractivity contribution in [2.75, 3.05) is 56.7 Å². The molecule has 0 unspecified atom stereocenters. The first-order chi connectivity index (χ1) is 24.8. The Morgan fingerprint density at radius 3 is 2.02 bits per heavy atom. The molecule has 1 fully saturated rings. The molecule has 1 aliphatic carbocycles. The van der Waals surface area contributed by atoms with Crippen molar-refractivity contribution in [3.63, 3.8) is 0 Å². The summed E-state index contributed by atoms with van der Waals surface area (Å²) < 4.78 is 5.47. The number of aromatic carboxylic acids is 1. The Balaban J connectivity index is 1.25. The minimum Gasteiger partial charge on any atom is -0.478 e. The van der Waals surface area contributed by atoms with Gasteiger partial charge in [-0.1, -0.05) is 42.5 Å². The molecule has 0 aromatic heterocycles. The second kappa shape index (κ2) is 16.6. The third kappa shape index (κ3) is 8.89. The lowest BCUT2D eigenvalue weighted by atomic mass is 9.89. The number of rotatable bonds is 11. The summed E-state index contributed by atoms with van der Waals surface area (Å²) in [6, 6.07) is 26.4. The molecule has 1 heterocycles. The topological polar surface area (TPSA) is 119 Å². The summed E-state index contributed by atoms with van der Waals surface area (Å²) >= 11 is 0. The molecule has 264 valence electrons. The number of nitrogens with one attached hydrogen (secondary N) is 1. The number of morpholine rings is 1. The number of amides is 4. The normalized spacial score (nSPS) is 14.3. The zero-order valence-electron chi connectivity index (χ0n) is 29.0. The number of hydrogen-bond acceptors (Lipinski definition) is 6. The Kier molecular flexibility index (Phi) is 11.6. The van der Waals surface area contributed by atoms with Gasteiger partial charge in [-0.05, 0) is 109 Å². The zero-order chi connectivity index (χ0) is 35.7. The van der Waals surface area contributed by atoms with E-state index < -0.39 is 23.8 Å². The van der Waals surface area contributed by atoms with Gasteiger partial charge in [0.1, 0.15) is 0 Å². The molecule has 2 N–H and O–H groups in total. The first-order valence-corrected chi connectivity index (χ1v) is 17.6. The van der Waals surface area contributed by atoms with Crippen molar-refractivity contribution in [1.29, 1.82) is 0 Å². The molecule has 4 aromatic rings. The number of nitrogens with zero attached hydrogens (tertiary/aromatic N) is 3. The number of urea groups is 1. The number of anilines is 2. The van der Waals surface area contributed by atoms with Gasteiger partial charge in [0.15, 0.2) is 0 Å². The number of fused-ring (bicyclic) bond motifs is 1. The predicted octanol–water partition coefficient (Wildman–Crippen LogP) is 6.33. The van der Waals surface area contributed by atoms with Gasteiger partial charge < -0.3 is 20.1 Å². The Labute approximate surface area is 298 Å². The van der Waals surface area contributed by atoms with Gasteiger partial charge in [0.25, 0.3) is 11.8 Å². The van der Waals surface area contributed by atoms with Crippen LogP contribution in [0.25, 0.3) is 0 Å². The van der Waals surface area contributed by atoms with E-state index in [1.54, 1.807) is 48.3 Å². The van der Waals surface area contributed by atoms with Crippen LogP contribution in [0.3, 0.4) is 0 Å². The molecule has 0 bridgehead atoms. The highest BCUT2D eigenvalue weighted by molar-refractivity contribution is 6.23. The molecule has 1 saturated heterocycles. The van der Waals surface area contributed by atoms with E-state index >= 15 is 0 Å². The lowest BCUT2D eigenvalue weighted by Crippen LogP contribution is -2.48. The Bertz CT molecular complexity index is 1850. The molecule has 6 rings (SSSR count). The van der Waals surface area contributed by atoms with Crippen LogP contribution in [-0.4, -0.2) is 85.2 Å². The highest BCUT2D eigenvalue weighted by atomic mass is 16.5. The number of hydrogen-bond donors (Lipinski definition) is 2. The fourth-order valence-corrected chi connectivity index (χ4v) is 6.59. The van der Waals surface area contributed by atoms with Crippen LogP contribution >= 0.6 is 0 Å². The quantitative estimate of drug-likeness (QED) is 0.189. The van der Waals surface area contributed by atoms with Crippen molar-refractivity contribution in [2.45, 2.75) is 38.5 Å². The number of likely N-dealkylation sites (N-methyl/N-ethyl adjacent to an activating group) is 1. The van der Waals surface area contributed by atoms with Gasteiger partial charge in [-0.25, -0.2) is 14.5 Å². The highest BCUT2D eigenvalue weighted by Gasteiger charge is 2.32. The van der Waals surface area contributed by atoms with Crippen LogP contribution in [0, 0.1) is 0 Å². The molecule has 0 atom stereocenters. The van der Waals surface area contributed by atoms with Crippen LogP contribution in [0.1, 0.15) is 66.2 Å². The van der Waals surface area contributed by atoms with Crippen molar-refractivity contribution in [3.8, 4) is 0 Å². The minimum absolute atomic E-state index is 0.258. The molecular formula is C41H44N4O6. The van der Waals surface area contributed by atoms with Crippen molar-refractivity contribution in [1.82, 2.24) is 9.80 Å². The predicted molar refractivity (Wildman–Crippen MR) is 197 cm³/mol. The molecule has 2 aliphatic rings. The average molecular weight is 689 g/mol. The van der Waals surface area contributed by atoms with Crippen molar-refractivity contribution in [2.24, 2.45) is 0 Å². The summed E-state index contributed by atoms with van der Waals surface area (Å²) in [4.78, 5) is 58.8. The van der Waals surface area contributed by atoms with Gasteiger partial charge in [0.05, 0.1) is 30.0 Å². The van der Waals surface area contributed by atoms with Gasteiger partial charge in [-0.3, -0.25) is 14.5 Å². The van der Waals surface area contributed by atoms with Crippen LogP contribution in [-0.2, 0) is 30.4 Å².